The van der Waals surface area contributed by atoms with Crippen LogP contribution < -0.4 is 15.8 Å². The van der Waals surface area contributed by atoms with E-state index >= 15 is 0 Å². The molecule has 1 unspecified atom stereocenters. The van der Waals surface area contributed by atoms with Crippen LogP contribution in [0.25, 0.3) is 0 Å². The summed E-state index contributed by atoms with van der Waals surface area (Å²) in [6.07, 6.45) is -5.12. The summed E-state index contributed by atoms with van der Waals surface area (Å²) in [6.45, 7) is 5.20. The topological polar surface area (TPSA) is 47.3 Å². The molecule has 0 aromatic heterocycles. The van der Waals surface area contributed by atoms with Crippen molar-refractivity contribution >= 4 is 11.4 Å². The molecule has 6 heteroatoms. The van der Waals surface area contributed by atoms with Gasteiger partial charge in [0.15, 0.2) is 0 Å². The van der Waals surface area contributed by atoms with E-state index in [-0.39, 0.29) is 6.10 Å². The summed E-state index contributed by atoms with van der Waals surface area (Å²) in [7, 11) is 0. The van der Waals surface area contributed by atoms with Gasteiger partial charge in [-0.05, 0) is 26.8 Å². The Kier molecular flexibility index (Phi) is 4.91. The fraction of sp³-hybridized carbons (Fsp3) is 0.538. The Labute approximate surface area is 110 Å². The van der Waals surface area contributed by atoms with Gasteiger partial charge in [0.2, 0.25) is 0 Å². The lowest BCUT2D eigenvalue weighted by Crippen LogP contribution is -2.23. The van der Waals surface area contributed by atoms with Gasteiger partial charge in [-0.25, -0.2) is 0 Å². The van der Waals surface area contributed by atoms with Crippen LogP contribution in [0, 0.1) is 0 Å². The zero-order valence-corrected chi connectivity index (χ0v) is 11.2. The summed E-state index contributed by atoms with van der Waals surface area (Å²) >= 11 is 0. The van der Waals surface area contributed by atoms with E-state index in [0.717, 1.165) is 0 Å². The van der Waals surface area contributed by atoms with E-state index < -0.39 is 18.6 Å². The predicted molar refractivity (Wildman–Crippen MR) is 70.4 cm³/mol. The number of nitrogens with one attached hydrogen (secondary N) is 1. The molecule has 1 aromatic rings. The average molecular weight is 276 g/mol. The second-order valence-electron chi connectivity index (χ2n) is 4.82. The first-order valence-corrected chi connectivity index (χ1v) is 6.06. The van der Waals surface area contributed by atoms with Crippen LogP contribution in [-0.2, 0) is 0 Å². The van der Waals surface area contributed by atoms with Crippen LogP contribution in [0.15, 0.2) is 18.2 Å². The van der Waals surface area contributed by atoms with Crippen molar-refractivity contribution in [3.8, 4) is 5.75 Å². The van der Waals surface area contributed by atoms with Crippen molar-refractivity contribution in [2.45, 2.75) is 45.5 Å². The molecule has 108 valence electrons. The van der Waals surface area contributed by atoms with E-state index in [0.29, 0.717) is 17.1 Å². The standard InChI is InChI=1S/C13H19F3N2O/c1-8(2)19-12-5-10(17)4-11(6-12)18-9(3)7-13(14,15)16/h4-6,8-9,18H,7,17H2,1-3H3. The maximum atomic E-state index is 12.2. The fourth-order valence-corrected chi connectivity index (χ4v) is 1.73. The van der Waals surface area contributed by atoms with Gasteiger partial charge in [0.05, 0.1) is 12.5 Å². The molecule has 19 heavy (non-hydrogen) atoms. The maximum Gasteiger partial charge on any atom is 0.391 e. The van der Waals surface area contributed by atoms with Crippen LogP contribution in [0.2, 0.25) is 0 Å². The van der Waals surface area contributed by atoms with Crippen LogP contribution in [0.4, 0.5) is 24.5 Å². The third kappa shape index (κ3) is 6.22. The lowest BCUT2D eigenvalue weighted by atomic mass is 10.2. The van der Waals surface area contributed by atoms with Crippen molar-refractivity contribution in [2.75, 3.05) is 11.1 Å². The Morgan fingerprint density at radius 1 is 1.21 bits per heavy atom. The van der Waals surface area contributed by atoms with Crippen LogP contribution in [-0.4, -0.2) is 18.3 Å². The zero-order valence-electron chi connectivity index (χ0n) is 11.2. The van der Waals surface area contributed by atoms with E-state index in [1.54, 1.807) is 18.2 Å². The number of anilines is 2. The number of hydrogen-bond acceptors (Lipinski definition) is 3. The molecule has 0 saturated heterocycles. The van der Waals surface area contributed by atoms with Gasteiger partial charge in [0, 0.05) is 29.5 Å². The summed E-state index contributed by atoms with van der Waals surface area (Å²) in [5.74, 6) is 0.539. The Morgan fingerprint density at radius 2 is 1.84 bits per heavy atom. The lowest BCUT2D eigenvalue weighted by molar-refractivity contribution is -0.136. The van der Waals surface area contributed by atoms with Crippen molar-refractivity contribution < 1.29 is 17.9 Å². The van der Waals surface area contributed by atoms with Gasteiger partial charge in [-0.1, -0.05) is 0 Å². The van der Waals surface area contributed by atoms with Gasteiger partial charge in [0.25, 0.3) is 0 Å². The average Bonchev–Trinajstić information content (AvgIpc) is 2.10. The van der Waals surface area contributed by atoms with Crippen molar-refractivity contribution in [3.63, 3.8) is 0 Å². The highest BCUT2D eigenvalue weighted by Gasteiger charge is 2.29. The van der Waals surface area contributed by atoms with Crippen LogP contribution in [0.1, 0.15) is 27.2 Å². The van der Waals surface area contributed by atoms with E-state index in [9.17, 15) is 13.2 Å². The molecule has 1 rings (SSSR count). The monoisotopic (exact) mass is 276 g/mol. The zero-order chi connectivity index (χ0) is 14.6. The molecule has 1 aromatic carbocycles. The summed E-state index contributed by atoms with van der Waals surface area (Å²) in [5, 5.41) is 2.77. The SMILES string of the molecule is CC(CC(F)(F)F)Nc1cc(N)cc(OC(C)C)c1. The number of benzene rings is 1. The summed E-state index contributed by atoms with van der Waals surface area (Å²) < 4.78 is 42.2. The van der Waals surface area contributed by atoms with Gasteiger partial charge in [0.1, 0.15) is 5.75 Å². The normalized spacial score (nSPS) is 13.4. The van der Waals surface area contributed by atoms with Gasteiger partial charge in [-0.15, -0.1) is 0 Å². The molecule has 0 spiro atoms. The first kappa shape index (κ1) is 15.5. The molecule has 0 saturated carbocycles. The lowest BCUT2D eigenvalue weighted by Gasteiger charge is -2.18. The number of rotatable bonds is 5. The minimum absolute atomic E-state index is 0.0257. The molecular weight excluding hydrogens is 257 g/mol. The third-order valence-electron chi connectivity index (χ3n) is 2.25. The number of nitrogen functional groups attached to an aromatic ring is 1. The van der Waals surface area contributed by atoms with Gasteiger partial charge in [-0.3, -0.25) is 0 Å². The van der Waals surface area contributed by atoms with Crippen molar-refractivity contribution in [3.05, 3.63) is 18.2 Å². The van der Waals surface area contributed by atoms with Crippen molar-refractivity contribution in [1.29, 1.82) is 0 Å². The molecule has 0 bridgehead atoms. The molecule has 1 atom stereocenters. The smallest absolute Gasteiger partial charge is 0.391 e. The molecule has 0 aliphatic heterocycles. The van der Waals surface area contributed by atoms with Crippen molar-refractivity contribution in [2.24, 2.45) is 0 Å². The van der Waals surface area contributed by atoms with E-state index in [4.69, 9.17) is 10.5 Å². The van der Waals surface area contributed by atoms with Crippen LogP contribution in [0.3, 0.4) is 0 Å². The van der Waals surface area contributed by atoms with E-state index in [1.807, 2.05) is 13.8 Å². The number of nitrogens with two attached hydrogens (primary N) is 1. The number of ether oxygens (including phenoxy) is 1. The van der Waals surface area contributed by atoms with Gasteiger partial charge >= 0.3 is 6.18 Å². The fourth-order valence-electron chi connectivity index (χ4n) is 1.73. The molecule has 0 amide bonds. The first-order valence-electron chi connectivity index (χ1n) is 6.06. The maximum absolute atomic E-state index is 12.2. The first-order chi connectivity index (χ1) is 8.65. The Balaban J connectivity index is 2.75. The largest absolute Gasteiger partial charge is 0.491 e. The molecule has 0 radical (unpaired) electrons. The highest BCUT2D eigenvalue weighted by molar-refractivity contribution is 5.59. The quantitative estimate of drug-likeness (QED) is 0.804. The van der Waals surface area contributed by atoms with E-state index in [1.165, 1.54) is 6.92 Å². The Bertz CT molecular complexity index is 419. The summed E-state index contributed by atoms with van der Waals surface area (Å²) in [6, 6.07) is 4.14. The molecule has 3 nitrogen and oxygen atoms in total. The van der Waals surface area contributed by atoms with Crippen molar-refractivity contribution in [1.82, 2.24) is 0 Å². The molecule has 3 N–H and O–H groups in total. The summed E-state index contributed by atoms with van der Waals surface area (Å²) in [4.78, 5) is 0. The van der Waals surface area contributed by atoms with Crippen LogP contribution in [0.5, 0.6) is 5.75 Å². The van der Waals surface area contributed by atoms with Gasteiger partial charge in [-0.2, -0.15) is 13.2 Å². The third-order valence-corrected chi connectivity index (χ3v) is 2.25. The molecule has 0 heterocycles. The number of hydrogen-bond donors (Lipinski definition) is 2. The molecule has 0 aliphatic carbocycles. The molecule has 0 aliphatic rings. The van der Waals surface area contributed by atoms with E-state index in [2.05, 4.69) is 5.32 Å². The number of halogens is 3. The minimum Gasteiger partial charge on any atom is -0.491 e. The number of alkyl halides is 3. The minimum atomic E-state index is -4.19. The molecular formula is C13H19F3N2O. The molecule has 0 fully saturated rings. The second kappa shape index (κ2) is 6.04. The van der Waals surface area contributed by atoms with Gasteiger partial charge < -0.3 is 15.8 Å². The Morgan fingerprint density at radius 3 is 2.37 bits per heavy atom. The predicted octanol–water partition coefficient (Wildman–Crippen LogP) is 3.81. The summed E-state index contributed by atoms with van der Waals surface area (Å²) in [5.41, 5.74) is 6.66. The van der Waals surface area contributed by atoms with Crippen LogP contribution >= 0.6 is 0 Å². The highest BCUT2D eigenvalue weighted by atomic mass is 19.4. The highest BCUT2D eigenvalue weighted by Crippen LogP contribution is 2.27. The second-order valence-corrected chi connectivity index (χ2v) is 4.82. The Hall–Kier alpha value is -1.59.